The van der Waals surface area contributed by atoms with Crippen LogP contribution in [-0.4, -0.2) is 67.7 Å². The maximum absolute atomic E-state index is 14.5. The van der Waals surface area contributed by atoms with E-state index in [1.54, 1.807) is 17.2 Å². The molecule has 5 heterocycles. The number of anilines is 1. The van der Waals surface area contributed by atoms with Gasteiger partial charge in [0.25, 0.3) is 0 Å². The zero-order valence-electron chi connectivity index (χ0n) is 23.6. The number of carbonyl (C=O) groups is 1. The van der Waals surface area contributed by atoms with Crippen molar-refractivity contribution in [2.75, 3.05) is 31.1 Å². The Hall–Kier alpha value is -4.58. The molecule has 0 unspecified atom stereocenters. The normalized spacial score (nSPS) is 16.2. The van der Waals surface area contributed by atoms with E-state index >= 15 is 0 Å². The molecule has 4 aromatic rings. The number of benzene rings is 1. The lowest BCUT2D eigenvalue weighted by Gasteiger charge is -2.40. The maximum Gasteiger partial charge on any atom is 0.355 e. The minimum Gasteiger partial charge on any atom is -0.504 e. The van der Waals surface area contributed by atoms with Crippen LogP contribution in [0.4, 0.5) is 14.6 Å². The van der Waals surface area contributed by atoms with Crippen molar-refractivity contribution < 1.29 is 23.4 Å². The Bertz CT molecular complexity index is 1900. The fourth-order valence-corrected chi connectivity index (χ4v) is 6.01. The van der Waals surface area contributed by atoms with Gasteiger partial charge in [-0.15, -0.1) is 0 Å². The van der Waals surface area contributed by atoms with E-state index in [4.69, 9.17) is 21.3 Å². The van der Waals surface area contributed by atoms with Crippen LogP contribution in [0, 0.1) is 18.6 Å². The molecule has 0 radical (unpaired) electrons. The quantitative estimate of drug-likeness (QED) is 0.337. The summed E-state index contributed by atoms with van der Waals surface area (Å²) in [6, 6.07) is 2.78. The third-order valence-electron chi connectivity index (χ3n) is 7.77. The Morgan fingerprint density at radius 1 is 1.26 bits per heavy atom. The van der Waals surface area contributed by atoms with Crippen LogP contribution < -0.4 is 15.3 Å². The SMILES string of the molecule is C=CC(=O)N1CCN2c3nc(=O)n(-c4c(C)ccnc4C(C)C)c4nc(-c5cc(F)cc(F)c5O)c(Cl)c(c34)OC[C@@H]2C1. The number of aromatic nitrogens is 4. The number of fused-ring (bicyclic) bond motifs is 2. The second kappa shape index (κ2) is 10.6. The highest BCUT2D eigenvalue weighted by Gasteiger charge is 2.37. The fourth-order valence-electron chi connectivity index (χ4n) is 5.72. The molecule has 0 spiro atoms. The van der Waals surface area contributed by atoms with Crippen molar-refractivity contribution in [3.05, 3.63) is 75.4 Å². The Morgan fingerprint density at radius 2 is 2.02 bits per heavy atom. The Morgan fingerprint density at radius 3 is 2.74 bits per heavy atom. The number of nitrogens with zero attached hydrogens (tertiary/aromatic N) is 6. The van der Waals surface area contributed by atoms with Gasteiger partial charge in [-0.3, -0.25) is 9.78 Å². The second-order valence-electron chi connectivity index (χ2n) is 10.8. The monoisotopic (exact) mass is 608 g/mol. The first-order valence-electron chi connectivity index (χ1n) is 13.6. The summed E-state index contributed by atoms with van der Waals surface area (Å²) >= 11 is 6.86. The van der Waals surface area contributed by atoms with Gasteiger partial charge in [0.1, 0.15) is 28.7 Å². The number of ether oxygens (including phenoxy) is 1. The van der Waals surface area contributed by atoms with Crippen LogP contribution in [0.25, 0.3) is 28.0 Å². The summed E-state index contributed by atoms with van der Waals surface area (Å²) in [4.78, 5) is 43.7. The van der Waals surface area contributed by atoms with Gasteiger partial charge in [0, 0.05) is 37.5 Å². The zero-order chi connectivity index (χ0) is 30.7. The lowest BCUT2D eigenvalue weighted by Crippen LogP contribution is -2.56. The van der Waals surface area contributed by atoms with Gasteiger partial charge in [-0.05, 0) is 36.6 Å². The third-order valence-corrected chi connectivity index (χ3v) is 8.12. The predicted molar refractivity (Wildman–Crippen MR) is 157 cm³/mol. The van der Waals surface area contributed by atoms with Gasteiger partial charge in [0.05, 0.1) is 23.1 Å². The molecular formula is C30H27ClF2N6O4. The summed E-state index contributed by atoms with van der Waals surface area (Å²) in [7, 11) is 0. The minimum absolute atomic E-state index is 0.0381. The Kier molecular flexibility index (Phi) is 7.04. The van der Waals surface area contributed by atoms with Gasteiger partial charge in [-0.1, -0.05) is 32.0 Å². The number of carbonyl (C=O) groups excluding carboxylic acids is 1. The third kappa shape index (κ3) is 4.56. The topological polar surface area (TPSA) is 114 Å². The summed E-state index contributed by atoms with van der Waals surface area (Å²) in [5.41, 5.74) is 0.623. The molecule has 2 aliphatic heterocycles. The van der Waals surface area contributed by atoms with Crippen LogP contribution in [0.3, 0.4) is 0 Å². The molecule has 0 aliphatic carbocycles. The molecule has 0 bridgehead atoms. The fraction of sp³-hybridized carbons (Fsp3) is 0.300. The molecule has 43 heavy (non-hydrogen) atoms. The molecule has 2 aliphatic rings. The van der Waals surface area contributed by atoms with E-state index in [0.717, 1.165) is 6.07 Å². The molecule has 1 fully saturated rings. The van der Waals surface area contributed by atoms with E-state index < -0.39 is 29.1 Å². The van der Waals surface area contributed by atoms with E-state index in [1.165, 1.54) is 10.6 Å². The first-order valence-corrected chi connectivity index (χ1v) is 14.0. The Labute approximate surface area is 249 Å². The number of rotatable bonds is 4. The van der Waals surface area contributed by atoms with Gasteiger partial charge >= 0.3 is 5.69 Å². The van der Waals surface area contributed by atoms with Gasteiger partial charge < -0.3 is 19.6 Å². The van der Waals surface area contributed by atoms with Gasteiger partial charge in [0.2, 0.25) is 5.91 Å². The van der Waals surface area contributed by atoms with E-state index in [2.05, 4.69) is 16.5 Å². The molecule has 3 aromatic heterocycles. The van der Waals surface area contributed by atoms with Crippen molar-refractivity contribution >= 4 is 34.4 Å². The van der Waals surface area contributed by atoms with E-state index in [-0.39, 0.29) is 58.5 Å². The number of phenolic OH excluding ortho intramolecular Hbond substituents is 1. The molecule has 1 N–H and O–H groups in total. The standard InChI is InChI=1S/C30H27ClF2N6O4/c1-5-20(40)37-8-9-38-17(12-37)13-43-27-21-28(38)36-30(42)39(25-15(4)6-7-34-23(25)14(2)3)29(21)35-24(22(27)31)18-10-16(32)11-19(33)26(18)41/h5-7,10-11,14,17,41H,1,8-9,12-13H2,2-4H3/t17-/m0/s1. The number of amides is 1. The predicted octanol–water partition coefficient (Wildman–Crippen LogP) is 4.51. The maximum atomic E-state index is 14.5. The lowest BCUT2D eigenvalue weighted by atomic mass is 10.0. The molecule has 1 saturated heterocycles. The molecule has 1 atom stereocenters. The van der Waals surface area contributed by atoms with E-state index in [1.807, 2.05) is 25.7 Å². The van der Waals surface area contributed by atoms with E-state index in [9.17, 15) is 23.5 Å². The number of hydrogen-bond acceptors (Lipinski definition) is 8. The van der Waals surface area contributed by atoms with Crippen LogP contribution >= 0.6 is 11.6 Å². The van der Waals surface area contributed by atoms with Crippen molar-refractivity contribution in [3.63, 3.8) is 0 Å². The highest BCUT2D eigenvalue weighted by Crippen LogP contribution is 2.47. The first-order chi connectivity index (χ1) is 20.5. The summed E-state index contributed by atoms with van der Waals surface area (Å²) in [5.74, 6) is -3.05. The number of aromatic hydroxyl groups is 1. The molecule has 1 aromatic carbocycles. The smallest absolute Gasteiger partial charge is 0.355 e. The van der Waals surface area contributed by atoms with E-state index in [0.29, 0.717) is 41.5 Å². The zero-order valence-corrected chi connectivity index (χ0v) is 24.3. The summed E-state index contributed by atoms with van der Waals surface area (Å²) in [5, 5.41) is 10.8. The number of pyridine rings is 2. The highest BCUT2D eigenvalue weighted by atomic mass is 35.5. The van der Waals surface area contributed by atoms with Gasteiger partial charge in [-0.25, -0.2) is 23.1 Å². The first kappa shape index (κ1) is 28.5. The molecule has 1 amide bonds. The average Bonchev–Trinajstić information content (AvgIpc) is 3.13. The highest BCUT2D eigenvalue weighted by molar-refractivity contribution is 6.36. The van der Waals surface area contributed by atoms with Crippen molar-refractivity contribution in [2.45, 2.75) is 32.7 Å². The number of hydrogen-bond donors (Lipinski definition) is 1. The lowest BCUT2D eigenvalue weighted by molar-refractivity contribution is -0.126. The van der Waals surface area contributed by atoms with Crippen LogP contribution in [0.1, 0.15) is 31.0 Å². The van der Waals surface area contributed by atoms with Crippen LogP contribution in [-0.2, 0) is 4.79 Å². The Balaban J connectivity index is 1.72. The second-order valence-corrected chi connectivity index (χ2v) is 11.2. The molecule has 13 heteroatoms. The van der Waals surface area contributed by atoms with Crippen molar-refractivity contribution in [2.24, 2.45) is 0 Å². The molecule has 222 valence electrons. The largest absolute Gasteiger partial charge is 0.504 e. The number of phenols is 1. The van der Waals surface area contributed by atoms with Crippen molar-refractivity contribution in [1.29, 1.82) is 0 Å². The van der Waals surface area contributed by atoms with Gasteiger partial charge in [0.15, 0.2) is 23.0 Å². The van der Waals surface area contributed by atoms with Crippen LogP contribution in [0.2, 0.25) is 5.02 Å². The van der Waals surface area contributed by atoms with Crippen LogP contribution in [0.15, 0.2) is 41.8 Å². The van der Waals surface area contributed by atoms with Crippen LogP contribution in [0.5, 0.6) is 11.5 Å². The number of piperazine rings is 1. The molecule has 6 rings (SSSR count). The van der Waals surface area contributed by atoms with Gasteiger partial charge in [-0.2, -0.15) is 4.98 Å². The minimum atomic E-state index is -1.21. The summed E-state index contributed by atoms with van der Waals surface area (Å²) in [6.07, 6.45) is 2.88. The summed E-state index contributed by atoms with van der Waals surface area (Å²) in [6.45, 7) is 10.2. The molecular weight excluding hydrogens is 582 g/mol. The summed E-state index contributed by atoms with van der Waals surface area (Å²) < 4.78 is 36.5. The number of halogens is 3. The molecule has 0 saturated carbocycles. The van der Waals surface area contributed by atoms with Crippen molar-refractivity contribution in [3.8, 4) is 28.4 Å². The van der Waals surface area contributed by atoms with Crippen molar-refractivity contribution in [1.82, 2.24) is 24.4 Å². The molecule has 10 nitrogen and oxygen atoms in total. The average molecular weight is 609 g/mol. The number of aryl methyl sites for hydroxylation is 1.